The molecule has 2 aromatic heterocycles. The number of anilines is 1. The minimum atomic E-state index is -0.637. The molecule has 0 spiro atoms. The maximum atomic E-state index is 12.9. The molecule has 2 heterocycles. The molecule has 0 atom stereocenters. The molecule has 0 bridgehead atoms. The number of benzene rings is 2. The molecular weight excluding hydrogens is 471 g/mol. The van der Waals surface area contributed by atoms with Crippen LogP contribution in [-0.2, 0) is 0 Å². The third kappa shape index (κ3) is 4.64. The standard InChI is InChI=1S/C20H16Cl2N8O3/c1-2-32-13-7-3-5-11(9-13)17-16(25-29-30(17)19-18(23)27-33-28-19)20(31)26-24-10-12-6-4-8-14(21)15(12)22/h3-10H,2H2,1H3,(H2,23,27)(H,26,31). The van der Waals surface area contributed by atoms with Crippen molar-refractivity contribution in [2.45, 2.75) is 6.92 Å². The van der Waals surface area contributed by atoms with Crippen molar-refractivity contribution in [3.05, 3.63) is 63.8 Å². The number of aromatic nitrogens is 5. The highest BCUT2D eigenvalue weighted by Gasteiger charge is 2.25. The normalized spacial score (nSPS) is 11.1. The first-order valence-corrected chi connectivity index (χ1v) is 10.3. The van der Waals surface area contributed by atoms with Crippen LogP contribution in [0.5, 0.6) is 5.75 Å². The smallest absolute Gasteiger partial charge is 0.294 e. The molecule has 1 amide bonds. The van der Waals surface area contributed by atoms with Crippen molar-refractivity contribution >= 4 is 41.1 Å². The number of hydrazone groups is 1. The van der Waals surface area contributed by atoms with Crippen molar-refractivity contribution < 1.29 is 14.2 Å². The summed E-state index contributed by atoms with van der Waals surface area (Å²) >= 11 is 12.1. The lowest BCUT2D eigenvalue weighted by Crippen LogP contribution is -2.19. The van der Waals surface area contributed by atoms with Crippen LogP contribution in [-0.4, -0.2) is 44.0 Å². The third-order valence-corrected chi connectivity index (χ3v) is 5.18. The summed E-state index contributed by atoms with van der Waals surface area (Å²) in [6.07, 6.45) is 1.37. The van der Waals surface area contributed by atoms with E-state index in [0.717, 1.165) is 0 Å². The Morgan fingerprint density at radius 1 is 1.27 bits per heavy atom. The summed E-state index contributed by atoms with van der Waals surface area (Å²) in [5.74, 6) is 0.00623. The number of carbonyl (C=O) groups excluding carboxylic acids is 1. The molecule has 0 aliphatic heterocycles. The summed E-state index contributed by atoms with van der Waals surface area (Å²) in [6.45, 7) is 2.33. The van der Waals surface area contributed by atoms with E-state index in [1.165, 1.54) is 10.9 Å². The average Bonchev–Trinajstić information content (AvgIpc) is 3.43. The first-order chi connectivity index (χ1) is 16.0. The fourth-order valence-electron chi connectivity index (χ4n) is 2.91. The van der Waals surface area contributed by atoms with Gasteiger partial charge in [0, 0.05) is 11.1 Å². The van der Waals surface area contributed by atoms with Crippen LogP contribution in [0.25, 0.3) is 17.1 Å². The van der Waals surface area contributed by atoms with E-state index in [0.29, 0.717) is 33.5 Å². The Kier molecular flexibility index (Phi) is 6.52. The molecular formula is C20H16Cl2N8O3. The highest BCUT2D eigenvalue weighted by molar-refractivity contribution is 6.43. The van der Waals surface area contributed by atoms with Gasteiger partial charge >= 0.3 is 0 Å². The fourth-order valence-corrected chi connectivity index (χ4v) is 3.27. The van der Waals surface area contributed by atoms with Gasteiger partial charge in [0.05, 0.1) is 22.9 Å². The van der Waals surface area contributed by atoms with E-state index in [-0.39, 0.29) is 23.0 Å². The number of hydrogen-bond acceptors (Lipinski definition) is 9. The van der Waals surface area contributed by atoms with Crippen molar-refractivity contribution in [2.24, 2.45) is 5.10 Å². The number of hydrogen-bond donors (Lipinski definition) is 2. The van der Waals surface area contributed by atoms with Crippen LogP contribution >= 0.6 is 23.2 Å². The van der Waals surface area contributed by atoms with Crippen molar-refractivity contribution in [1.29, 1.82) is 0 Å². The Morgan fingerprint density at radius 3 is 2.85 bits per heavy atom. The SMILES string of the molecule is CCOc1cccc(-c2c(C(=O)NN=Cc3cccc(Cl)c3Cl)nnn2-c2nonc2N)c1. The van der Waals surface area contributed by atoms with Gasteiger partial charge in [0.25, 0.3) is 5.91 Å². The summed E-state index contributed by atoms with van der Waals surface area (Å²) < 4.78 is 11.5. The van der Waals surface area contributed by atoms with Crippen LogP contribution in [0.4, 0.5) is 5.82 Å². The number of amides is 1. The van der Waals surface area contributed by atoms with E-state index in [2.05, 4.69) is 35.8 Å². The molecule has 168 valence electrons. The lowest BCUT2D eigenvalue weighted by atomic mass is 10.1. The summed E-state index contributed by atoms with van der Waals surface area (Å²) in [5, 5.41) is 20.0. The first-order valence-electron chi connectivity index (χ1n) is 9.54. The third-order valence-electron chi connectivity index (χ3n) is 4.35. The predicted octanol–water partition coefficient (Wildman–Crippen LogP) is 3.37. The summed E-state index contributed by atoms with van der Waals surface area (Å²) in [4.78, 5) is 12.9. The van der Waals surface area contributed by atoms with Crippen LogP contribution in [0.3, 0.4) is 0 Å². The topological polar surface area (TPSA) is 146 Å². The second-order valence-corrected chi connectivity index (χ2v) is 7.26. The minimum absolute atomic E-state index is 0.0253. The van der Waals surface area contributed by atoms with Gasteiger partial charge in [-0.25, -0.2) is 10.1 Å². The van der Waals surface area contributed by atoms with Gasteiger partial charge in [-0.3, -0.25) is 4.79 Å². The zero-order chi connectivity index (χ0) is 23.4. The van der Waals surface area contributed by atoms with Gasteiger partial charge in [-0.05, 0) is 35.4 Å². The van der Waals surface area contributed by atoms with E-state index in [4.69, 9.17) is 33.7 Å². The van der Waals surface area contributed by atoms with Crippen molar-refractivity contribution in [3.63, 3.8) is 0 Å². The number of nitrogens with one attached hydrogen (secondary N) is 1. The maximum Gasteiger partial charge on any atom is 0.294 e. The van der Waals surface area contributed by atoms with Crippen molar-refractivity contribution in [2.75, 3.05) is 12.3 Å². The van der Waals surface area contributed by atoms with Crippen LogP contribution < -0.4 is 15.9 Å². The van der Waals surface area contributed by atoms with Crippen LogP contribution in [0.15, 0.2) is 52.2 Å². The molecule has 3 N–H and O–H groups in total. The number of nitrogens with two attached hydrogens (primary N) is 1. The Bertz CT molecular complexity index is 1330. The number of carbonyl (C=O) groups is 1. The van der Waals surface area contributed by atoms with E-state index in [1.54, 1.807) is 42.5 Å². The average molecular weight is 487 g/mol. The number of halogens is 2. The Hall–Kier alpha value is -3.96. The molecule has 0 radical (unpaired) electrons. The van der Waals surface area contributed by atoms with Crippen LogP contribution in [0, 0.1) is 0 Å². The van der Waals surface area contributed by atoms with Crippen LogP contribution in [0.2, 0.25) is 10.0 Å². The number of ether oxygens (including phenoxy) is 1. The quantitative estimate of drug-likeness (QED) is 0.298. The minimum Gasteiger partial charge on any atom is -0.494 e. The molecule has 11 nitrogen and oxygen atoms in total. The van der Waals surface area contributed by atoms with Crippen molar-refractivity contribution in [1.82, 2.24) is 30.7 Å². The summed E-state index contributed by atoms with van der Waals surface area (Å²) in [6, 6.07) is 12.1. The Labute approximate surface area is 197 Å². The lowest BCUT2D eigenvalue weighted by Gasteiger charge is -2.08. The lowest BCUT2D eigenvalue weighted by molar-refractivity contribution is 0.0950. The van der Waals surface area contributed by atoms with Gasteiger partial charge in [-0.1, -0.05) is 52.7 Å². The number of nitrogen functional groups attached to an aromatic ring is 1. The first kappa shape index (κ1) is 22.2. The van der Waals surface area contributed by atoms with Gasteiger partial charge in [-0.2, -0.15) is 9.78 Å². The van der Waals surface area contributed by atoms with Crippen LogP contribution in [0.1, 0.15) is 23.0 Å². The fraction of sp³-hybridized carbons (Fsp3) is 0.100. The second-order valence-electron chi connectivity index (χ2n) is 6.47. The van der Waals surface area contributed by atoms with Gasteiger partial charge in [0.2, 0.25) is 11.6 Å². The van der Waals surface area contributed by atoms with Gasteiger partial charge in [0.1, 0.15) is 11.4 Å². The Morgan fingerprint density at radius 2 is 2.09 bits per heavy atom. The van der Waals surface area contributed by atoms with Gasteiger partial charge in [-0.15, -0.1) is 5.10 Å². The molecule has 4 rings (SSSR count). The second kappa shape index (κ2) is 9.67. The molecule has 0 saturated heterocycles. The van der Waals surface area contributed by atoms with E-state index in [9.17, 15) is 4.79 Å². The molecule has 33 heavy (non-hydrogen) atoms. The molecule has 0 saturated carbocycles. The molecule has 13 heteroatoms. The molecule has 0 aliphatic carbocycles. The van der Waals surface area contributed by atoms with Crippen molar-refractivity contribution in [3.8, 4) is 22.8 Å². The van der Waals surface area contributed by atoms with Gasteiger partial charge < -0.3 is 10.5 Å². The maximum absolute atomic E-state index is 12.9. The van der Waals surface area contributed by atoms with Gasteiger partial charge in [0.15, 0.2) is 5.69 Å². The number of nitrogens with zero attached hydrogens (tertiary/aromatic N) is 6. The van der Waals surface area contributed by atoms with E-state index >= 15 is 0 Å². The monoisotopic (exact) mass is 486 g/mol. The highest BCUT2D eigenvalue weighted by atomic mass is 35.5. The Balaban J connectivity index is 1.71. The zero-order valence-electron chi connectivity index (χ0n) is 17.1. The largest absolute Gasteiger partial charge is 0.494 e. The van der Waals surface area contributed by atoms with E-state index < -0.39 is 5.91 Å². The molecule has 0 aliphatic rings. The summed E-state index contributed by atoms with van der Waals surface area (Å²) in [7, 11) is 0. The zero-order valence-corrected chi connectivity index (χ0v) is 18.6. The molecule has 0 unspecified atom stereocenters. The number of rotatable bonds is 7. The predicted molar refractivity (Wildman–Crippen MR) is 122 cm³/mol. The molecule has 0 fully saturated rings. The molecule has 4 aromatic rings. The summed E-state index contributed by atoms with van der Waals surface area (Å²) in [5.41, 5.74) is 9.57. The van der Waals surface area contributed by atoms with E-state index in [1.807, 2.05) is 6.92 Å². The molecule has 2 aromatic carbocycles. The highest BCUT2D eigenvalue weighted by Crippen LogP contribution is 2.29.